The van der Waals surface area contributed by atoms with Gasteiger partial charge in [-0.25, -0.2) is 0 Å². The van der Waals surface area contributed by atoms with Crippen molar-refractivity contribution in [3.8, 4) is 0 Å². The average molecular weight is 329 g/mol. The van der Waals surface area contributed by atoms with E-state index in [9.17, 15) is 4.79 Å². The van der Waals surface area contributed by atoms with Gasteiger partial charge in [0.05, 0.1) is 0 Å². The van der Waals surface area contributed by atoms with Gasteiger partial charge >= 0.3 is 0 Å². The molecule has 0 bridgehead atoms. The molecular weight excluding hydrogens is 307 g/mol. The molecule has 1 saturated carbocycles. The summed E-state index contributed by atoms with van der Waals surface area (Å²) in [6.07, 6.45) is 4.45. The lowest BCUT2D eigenvalue weighted by molar-refractivity contribution is -0.122. The van der Waals surface area contributed by atoms with E-state index in [0.29, 0.717) is 28.8 Å². The molecule has 2 rings (SSSR count). The Balaban J connectivity index is 1.83. The molecule has 3 nitrogen and oxygen atoms in total. The fourth-order valence-corrected chi connectivity index (χ4v) is 3.44. The molecule has 3 N–H and O–H groups in total. The maximum Gasteiger partial charge on any atom is 0.220 e. The van der Waals surface area contributed by atoms with E-state index in [1.54, 1.807) is 6.07 Å². The number of carbonyl (C=O) groups is 1. The van der Waals surface area contributed by atoms with E-state index in [0.717, 1.165) is 24.8 Å². The summed E-state index contributed by atoms with van der Waals surface area (Å²) < 4.78 is 0. The Labute approximate surface area is 136 Å². The van der Waals surface area contributed by atoms with Crippen molar-refractivity contribution in [2.45, 2.75) is 51.1 Å². The number of nitrogens with one attached hydrogen (secondary N) is 1. The lowest BCUT2D eigenvalue weighted by Gasteiger charge is -2.18. The summed E-state index contributed by atoms with van der Waals surface area (Å²) in [5, 5.41) is 4.29. The highest BCUT2D eigenvalue weighted by Gasteiger charge is 2.26. The van der Waals surface area contributed by atoms with Gasteiger partial charge in [0.2, 0.25) is 5.91 Å². The average Bonchev–Trinajstić information content (AvgIpc) is 2.78. The molecule has 0 spiro atoms. The van der Waals surface area contributed by atoms with Gasteiger partial charge in [-0.2, -0.15) is 0 Å². The molecule has 5 heteroatoms. The summed E-state index contributed by atoms with van der Waals surface area (Å²) in [7, 11) is 0. The molecule has 1 amide bonds. The van der Waals surface area contributed by atoms with Gasteiger partial charge in [0.1, 0.15) is 0 Å². The highest BCUT2D eigenvalue weighted by molar-refractivity contribution is 6.35. The third-order valence-corrected chi connectivity index (χ3v) is 4.70. The molecule has 1 aromatic rings. The molecule has 116 valence electrons. The first-order valence-corrected chi connectivity index (χ1v) is 8.20. The minimum absolute atomic E-state index is 0.0359. The van der Waals surface area contributed by atoms with Crippen LogP contribution in [-0.2, 0) is 11.2 Å². The topological polar surface area (TPSA) is 55.1 Å². The normalized spacial score (nSPS) is 23.0. The smallest absolute Gasteiger partial charge is 0.220 e. The highest BCUT2D eigenvalue weighted by Crippen LogP contribution is 2.27. The molecule has 21 heavy (non-hydrogen) atoms. The molecule has 1 aliphatic carbocycles. The summed E-state index contributed by atoms with van der Waals surface area (Å²) in [5.41, 5.74) is 7.00. The predicted octanol–water partition coefficient (Wildman–Crippen LogP) is 3.56. The molecule has 1 fully saturated rings. The van der Waals surface area contributed by atoms with Crippen molar-refractivity contribution in [2.24, 2.45) is 11.7 Å². The zero-order chi connectivity index (χ0) is 15.4. The summed E-state index contributed by atoms with van der Waals surface area (Å²) in [5.74, 6) is 0.409. The Kier molecular flexibility index (Phi) is 5.91. The van der Waals surface area contributed by atoms with Gasteiger partial charge in [-0.05, 0) is 49.8 Å². The van der Waals surface area contributed by atoms with Crippen molar-refractivity contribution >= 4 is 29.1 Å². The van der Waals surface area contributed by atoms with Crippen molar-refractivity contribution in [3.63, 3.8) is 0 Å². The molecule has 0 aliphatic heterocycles. The highest BCUT2D eigenvalue weighted by atomic mass is 35.5. The molecular formula is C16H22Cl2N2O. The first kappa shape index (κ1) is 16.6. The maximum atomic E-state index is 12.1. The third kappa shape index (κ3) is 4.87. The van der Waals surface area contributed by atoms with Crippen LogP contribution >= 0.6 is 23.2 Å². The Bertz CT molecular complexity index is 507. The standard InChI is InChI=1S/C16H22Cl2N2O/c1-10(7-11-5-6-13(17)9-14(11)18)20-16(21)8-12-3-2-4-15(12)19/h5-6,9-10,12,15H,2-4,7-8,19H2,1H3,(H,20,21)/t10?,12-,15+/m0/s1. The van der Waals surface area contributed by atoms with Gasteiger partial charge < -0.3 is 11.1 Å². The van der Waals surface area contributed by atoms with E-state index in [1.165, 1.54) is 0 Å². The molecule has 1 aliphatic rings. The number of hydrogen-bond acceptors (Lipinski definition) is 2. The quantitative estimate of drug-likeness (QED) is 0.868. The minimum Gasteiger partial charge on any atom is -0.353 e. The van der Waals surface area contributed by atoms with E-state index in [1.807, 2.05) is 19.1 Å². The van der Waals surface area contributed by atoms with Crippen LogP contribution in [0.15, 0.2) is 18.2 Å². The fraction of sp³-hybridized carbons (Fsp3) is 0.562. The number of halogens is 2. The lowest BCUT2D eigenvalue weighted by Crippen LogP contribution is -2.37. The number of carbonyl (C=O) groups excluding carboxylic acids is 1. The van der Waals surface area contributed by atoms with Crippen molar-refractivity contribution in [1.29, 1.82) is 0 Å². The van der Waals surface area contributed by atoms with Gasteiger partial charge in [-0.3, -0.25) is 4.79 Å². The second-order valence-electron chi connectivity index (χ2n) is 5.97. The molecule has 1 unspecified atom stereocenters. The molecule has 0 radical (unpaired) electrons. The van der Waals surface area contributed by atoms with Crippen LogP contribution in [0.25, 0.3) is 0 Å². The van der Waals surface area contributed by atoms with Gasteiger partial charge in [0.25, 0.3) is 0 Å². The Morgan fingerprint density at radius 1 is 1.43 bits per heavy atom. The zero-order valence-corrected chi connectivity index (χ0v) is 13.8. The zero-order valence-electron chi connectivity index (χ0n) is 12.2. The number of benzene rings is 1. The first-order chi connectivity index (χ1) is 9.95. The molecule has 3 atom stereocenters. The van der Waals surface area contributed by atoms with Gasteiger partial charge in [-0.15, -0.1) is 0 Å². The monoisotopic (exact) mass is 328 g/mol. The van der Waals surface area contributed by atoms with Crippen LogP contribution in [0.3, 0.4) is 0 Å². The third-order valence-electron chi connectivity index (χ3n) is 4.11. The SMILES string of the molecule is CC(Cc1ccc(Cl)cc1Cl)NC(=O)C[C@@H]1CCC[C@H]1N. The second-order valence-corrected chi connectivity index (χ2v) is 6.81. The Morgan fingerprint density at radius 3 is 2.81 bits per heavy atom. The Hall–Kier alpha value is -0.770. The van der Waals surface area contributed by atoms with Crippen molar-refractivity contribution in [3.05, 3.63) is 33.8 Å². The number of rotatable bonds is 5. The van der Waals surface area contributed by atoms with E-state index in [4.69, 9.17) is 28.9 Å². The molecule has 0 saturated heterocycles. The fourth-order valence-electron chi connectivity index (χ4n) is 2.96. The number of nitrogens with two attached hydrogens (primary N) is 1. The van der Waals surface area contributed by atoms with Crippen LogP contribution in [0, 0.1) is 5.92 Å². The number of amides is 1. The largest absolute Gasteiger partial charge is 0.353 e. The Morgan fingerprint density at radius 2 is 2.19 bits per heavy atom. The van der Waals surface area contributed by atoms with Crippen LogP contribution in [0.2, 0.25) is 10.0 Å². The first-order valence-electron chi connectivity index (χ1n) is 7.44. The predicted molar refractivity (Wildman–Crippen MR) is 87.7 cm³/mol. The molecule has 0 aromatic heterocycles. The summed E-state index contributed by atoms with van der Waals surface area (Å²) in [6.45, 7) is 1.98. The van der Waals surface area contributed by atoms with E-state index in [-0.39, 0.29) is 18.0 Å². The van der Waals surface area contributed by atoms with Crippen LogP contribution in [0.4, 0.5) is 0 Å². The second kappa shape index (κ2) is 7.48. The van der Waals surface area contributed by atoms with Crippen molar-refractivity contribution < 1.29 is 4.79 Å². The van der Waals surface area contributed by atoms with Crippen LogP contribution < -0.4 is 11.1 Å². The summed E-state index contributed by atoms with van der Waals surface area (Å²) in [4.78, 5) is 12.1. The van der Waals surface area contributed by atoms with Gasteiger partial charge in [0, 0.05) is 28.5 Å². The van der Waals surface area contributed by atoms with E-state index < -0.39 is 0 Å². The maximum absolute atomic E-state index is 12.1. The molecule has 1 aromatic carbocycles. The van der Waals surface area contributed by atoms with Crippen LogP contribution in [0.1, 0.15) is 38.2 Å². The van der Waals surface area contributed by atoms with Crippen LogP contribution in [0.5, 0.6) is 0 Å². The lowest BCUT2D eigenvalue weighted by atomic mass is 9.99. The van der Waals surface area contributed by atoms with Gasteiger partial charge in [-0.1, -0.05) is 35.7 Å². The van der Waals surface area contributed by atoms with Crippen molar-refractivity contribution in [1.82, 2.24) is 5.32 Å². The molecule has 0 heterocycles. The van der Waals surface area contributed by atoms with Crippen molar-refractivity contribution in [2.75, 3.05) is 0 Å². The summed E-state index contributed by atoms with van der Waals surface area (Å²) >= 11 is 12.0. The van der Waals surface area contributed by atoms with Gasteiger partial charge in [0.15, 0.2) is 0 Å². The van der Waals surface area contributed by atoms with Crippen LogP contribution in [-0.4, -0.2) is 18.0 Å². The van der Waals surface area contributed by atoms with E-state index >= 15 is 0 Å². The minimum atomic E-state index is 0.0359. The summed E-state index contributed by atoms with van der Waals surface area (Å²) in [6, 6.07) is 5.66. The number of hydrogen-bond donors (Lipinski definition) is 2. The van der Waals surface area contributed by atoms with E-state index in [2.05, 4.69) is 5.32 Å².